The summed E-state index contributed by atoms with van der Waals surface area (Å²) in [4.78, 5) is 9.06. The fourth-order valence-electron chi connectivity index (χ4n) is 5.33. The second-order valence-electron chi connectivity index (χ2n) is 10.9. The van der Waals surface area contributed by atoms with Crippen LogP contribution in [0.25, 0.3) is 55.4 Å². The zero-order valence-corrected chi connectivity index (χ0v) is 27.0. The summed E-state index contributed by atoms with van der Waals surface area (Å²) >= 11 is 0. The van der Waals surface area contributed by atoms with Crippen molar-refractivity contribution in [1.29, 1.82) is 0 Å². The second-order valence-corrected chi connectivity index (χ2v) is 10.9. The van der Waals surface area contributed by atoms with Crippen LogP contribution in [0.1, 0.15) is 19.5 Å². The number of aryl methyl sites for hydroxylation is 1. The summed E-state index contributed by atoms with van der Waals surface area (Å²) in [6, 6.07) is 48.2. The third kappa shape index (κ3) is 6.83. The third-order valence-corrected chi connectivity index (χ3v) is 7.27. The molecule has 0 unspecified atom stereocenters. The average Bonchev–Trinajstić information content (AvgIpc) is 3.34. The molecule has 4 heteroatoms. The Morgan fingerprint density at radius 2 is 1.47 bits per heavy atom. The van der Waals surface area contributed by atoms with E-state index >= 15 is 0 Å². The monoisotopic (exact) mass is 736 g/mol. The van der Waals surface area contributed by atoms with Gasteiger partial charge >= 0.3 is 0 Å². The molecule has 0 fully saturated rings. The van der Waals surface area contributed by atoms with E-state index in [1.807, 2.05) is 61.7 Å². The molecule has 0 spiro atoms. The smallest absolute Gasteiger partial charge is 0.0383 e. The zero-order chi connectivity index (χ0) is 28.9. The normalized spacial score (nSPS) is 10.8. The van der Waals surface area contributed by atoms with Gasteiger partial charge in [0.05, 0.1) is 0 Å². The predicted octanol–water partition coefficient (Wildman–Crippen LogP) is 9.83. The van der Waals surface area contributed by atoms with Crippen LogP contribution in [-0.4, -0.2) is 14.5 Å². The van der Waals surface area contributed by atoms with Crippen LogP contribution in [0, 0.1) is 25.0 Å². The summed E-state index contributed by atoms with van der Waals surface area (Å²) < 4.78 is 2.44. The number of pyridine rings is 2. The summed E-state index contributed by atoms with van der Waals surface area (Å²) in [5.74, 6) is 0.571. The van der Waals surface area contributed by atoms with E-state index in [1.54, 1.807) is 0 Å². The van der Waals surface area contributed by atoms with Crippen molar-refractivity contribution < 1.29 is 20.1 Å². The van der Waals surface area contributed by atoms with Gasteiger partial charge in [-0.15, -0.1) is 59.7 Å². The standard InChI is InChI=1S/C27H23N2.C12H10N.Ir/c1-19(2)18-29-26-11-7-6-10-23(26)24-13-12-22(17-27(24)29)25-16-21(14-15-28-25)20-8-4-3-5-9-20;1-10-6-5-9-12(13-10)11-7-3-2-4-8-11;/h3-11,13-17,19H,18H2,1-2H3;2-7,9H,1H3;/q2*-1;. The van der Waals surface area contributed by atoms with Crippen LogP contribution >= 0.6 is 0 Å². The van der Waals surface area contributed by atoms with E-state index in [9.17, 15) is 0 Å². The van der Waals surface area contributed by atoms with Crippen molar-refractivity contribution in [3.8, 4) is 33.6 Å². The molecule has 0 aliphatic heterocycles. The van der Waals surface area contributed by atoms with Crippen LogP contribution in [-0.2, 0) is 26.7 Å². The third-order valence-electron chi connectivity index (χ3n) is 7.27. The van der Waals surface area contributed by atoms with E-state index in [-0.39, 0.29) is 20.1 Å². The number of hydrogen-bond acceptors (Lipinski definition) is 2. The van der Waals surface area contributed by atoms with E-state index in [1.165, 1.54) is 32.9 Å². The molecule has 1 radical (unpaired) electrons. The van der Waals surface area contributed by atoms with Crippen LogP contribution in [0.3, 0.4) is 0 Å². The van der Waals surface area contributed by atoms with Gasteiger partial charge in [-0.3, -0.25) is 0 Å². The SMILES string of the molecule is CC(C)Cn1c2ccccc2c2c[c-]c(-c3cc(-c4ccccc4)ccn3)cc21.Cc1cccc(-c2[c-]cccc2)n1.[Ir]. The molecule has 7 aromatic rings. The molecule has 215 valence electrons. The Bertz CT molecular complexity index is 1940. The molecule has 0 atom stereocenters. The molecule has 3 aromatic heterocycles. The van der Waals surface area contributed by atoms with Crippen molar-refractivity contribution in [3.63, 3.8) is 0 Å². The molecule has 0 bridgehead atoms. The summed E-state index contributed by atoms with van der Waals surface area (Å²) in [6.45, 7) is 7.51. The molecule has 43 heavy (non-hydrogen) atoms. The van der Waals surface area contributed by atoms with Gasteiger partial charge < -0.3 is 14.5 Å². The van der Waals surface area contributed by atoms with Crippen molar-refractivity contribution in [1.82, 2.24) is 14.5 Å². The van der Waals surface area contributed by atoms with Gasteiger partial charge in [0.15, 0.2) is 0 Å². The van der Waals surface area contributed by atoms with Crippen molar-refractivity contribution in [2.45, 2.75) is 27.3 Å². The Balaban J connectivity index is 0.000000221. The van der Waals surface area contributed by atoms with Crippen LogP contribution in [0.2, 0.25) is 0 Å². The molecule has 7 rings (SSSR count). The fraction of sp³-hybridized carbons (Fsp3) is 0.128. The van der Waals surface area contributed by atoms with Gasteiger partial charge in [0.25, 0.3) is 0 Å². The Hall–Kier alpha value is -4.37. The summed E-state index contributed by atoms with van der Waals surface area (Å²) in [5.41, 5.74) is 9.96. The first-order chi connectivity index (χ1) is 20.6. The van der Waals surface area contributed by atoms with E-state index in [0.717, 1.165) is 34.8 Å². The molecule has 0 aliphatic rings. The van der Waals surface area contributed by atoms with Crippen molar-refractivity contribution in [2.75, 3.05) is 0 Å². The first-order valence-corrected chi connectivity index (χ1v) is 14.4. The van der Waals surface area contributed by atoms with E-state index in [0.29, 0.717) is 5.92 Å². The summed E-state index contributed by atoms with van der Waals surface area (Å²) in [7, 11) is 0. The molecular formula is C39H33IrN3-2. The van der Waals surface area contributed by atoms with Crippen molar-refractivity contribution >= 4 is 21.8 Å². The molecule has 0 N–H and O–H groups in total. The molecule has 0 saturated heterocycles. The molecule has 4 aromatic carbocycles. The summed E-state index contributed by atoms with van der Waals surface area (Å²) in [6.07, 6.45) is 1.89. The second kappa shape index (κ2) is 13.7. The maximum absolute atomic E-state index is 4.65. The number of benzene rings is 4. The van der Waals surface area contributed by atoms with E-state index in [2.05, 4.69) is 113 Å². The minimum Gasteiger partial charge on any atom is -0.358 e. The number of nitrogens with zero attached hydrogens (tertiary/aromatic N) is 3. The van der Waals surface area contributed by atoms with Gasteiger partial charge in [-0.1, -0.05) is 86.0 Å². The molecule has 3 heterocycles. The molecular weight excluding hydrogens is 703 g/mol. The molecule has 0 aliphatic carbocycles. The number of fused-ring (bicyclic) bond motifs is 3. The first kappa shape index (κ1) is 30.1. The maximum atomic E-state index is 4.65. The average molecular weight is 736 g/mol. The van der Waals surface area contributed by atoms with Gasteiger partial charge in [0.2, 0.25) is 0 Å². The van der Waals surface area contributed by atoms with Gasteiger partial charge in [0.1, 0.15) is 0 Å². The van der Waals surface area contributed by atoms with E-state index < -0.39 is 0 Å². The molecule has 0 amide bonds. The van der Waals surface area contributed by atoms with Crippen LogP contribution in [0.5, 0.6) is 0 Å². The summed E-state index contributed by atoms with van der Waals surface area (Å²) in [5, 5.41) is 2.54. The maximum Gasteiger partial charge on any atom is 0.0383 e. The Labute approximate surface area is 267 Å². The quantitative estimate of drug-likeness (QED) is 0.165. The number of rotatable bonds is 5. The predicted molar refractivity (Wildman–Crippen MR) is 175 cm³/mol. The van der Waals surface area contributed by atoms with Gasteiger partial charge in [-0.25, -0.2) is 0 Å². The molecule has 0 saturated carbocycles. The minimum absolute atomic E-state index is 0. The van der Waals surface area contributed by atoms with Crippen LogP contribution < -0.4 is 0 Å². The van der Waals surface area contributed by atoms with Gasteiger partial charge in [0, 0.05) is 44.1 Å². The largest absolute Gasteiger partial charge is 0.358 e. The zero-order valence-electron chi connectivity index (χ0n) is 24.6. The molecule has 3 nitrogen and oxygen atoms in total. The number of para-hydroxylation sites is 1. The van der Waals surface area contributed by atoms with E-state index in [4.69, 9.17) is 0 Å². The minimum atomic E-state index is 0. The number of hydrogen-bond donors (Lipinski definition) is 0. The first-order valence-electron chi connectivity index (χ1n) is 14.4. The van der Waals surface area contributed by atoms with Gasteiger partial charge in [-0.05, 0) is 64.5 Å². The van der Waals surface area contributed by atoms with Gasteiger partial charge in [-0.2, -0.15) is 0 Å². The Morgan fingerprint density at radius 1 is 0.674 bits per heavy atom. The number of aromatic nitrogens is 3. The van der Waals surface area contributed by atoms with Crippen molar-refractivity contribution in [2.24, 2.45) is 5.92 Å². The van der Waals surface area contributed by atoms with Crippen LogP contribution in [0.15, 0.2) is 128 Å². The fourth-order valence-corrected chi connectivity index (χ4v) is 5.33. The van der Waals surface area contributed by atoms with Crippen molar-refractivity contribution in [3.05, 3.63) is 145 Å². The Kier molecular flexibility index (Phi) is 9.61. The Morgan fingerprint density at radius 3 is 2.23 bits per heavy atom. The topological polar surface area (TPSA) is 30.7 Å². The van der Waals surface area contributed by atoms with Crippen LogP contribution in [0.4, 0.5) is 0 Å².